The predicted molar refractivity (Wildman–Crippen MR) is 88.0 cm³/mol. The third-order valence-electron chi connectivity index (χ3n) is 4.71. The van der Waals surface area contributed by atoms with Crippen LogP contribution in [0, 0.1) is 17.3 Å². The van der Waals surface area contributed by atoms with Gasteiger partial charge in [0.2, 0.25) is 0 Å². The van der Waals surface area contributed by atoms with Gasteiger partial charge in [0.25, 0.3) is 0 Å². The van der Waals surface area contributed by atoms with Gasteiger partial charge >= 0.3 is 0 Å². The van der Waals surface area contributed by atoms with Crippen molar-refractivity contribution in [3.05, 3.63) is 0 Å². The van der Waals surface area contributed by atoms with Gasteiger partial charge in [-0.2, -0.15) is 0 Å². The molecule has 1 saturated carbocycles. The van der Waals surface area contributed by atoms with Gasteiger partial charge in [0.1, 0.15) is 0 Å². The van der Waals surface area contributed by atoms with Crippen LogP contribution in [0.4, 0.5) is 0 Å². The highest BCUT2D eigenvalue weighted by atomic mass is 15.2. The Bertz CT molecular complexity index is 278. The Kier molecular flexibility index (Phi) is 5.92. The van der Waals surface area contributed by atoms with E-state index in [1.165, 1.54) is 58.2 Å². The first-order valence-corrected chi connectivity index (χ1v) is 8.92. The van der Waals surface area contributed by atoms with Gasteiger partial charge in [0, 0.05) is 32.2 Å². The van der Waals surface area contributed by atoms with Crippen LogP contribution < -0.4 is 5.32 Å². The predicted octanol–water partition coefficient (Wildman–Crippen LogP) is 3.91. The average molecular weight is 280 g/mol. The van der Waals surface area contributed by atoms with Crippen molar-refractivity contribution in [2.24, 2.45) is 17.3 Å². The van der Waals surface area contributed by atoms with Gasteiger partial charge in [0.15, 0.2) is 0 Å². The molecule has 2 aliphatic rings. The third kappa shape index (κ3) is 6.13. The lowest BCUT2D eigenvalue weighted by atomic mass is 9.88. The maximum Gasteiger partial charge on any atom is 0.0198 e. The van der Waals surface area contributed by atoms with E-state index in [9.17, 15) is 0 Å². The molecule has 0 aromatic rings. The quantitative estimate of drug-likeness (QED) is 0.760. The van der Waals surface area contributed by atoms with Gasteiger partial charge in [0.05, 0.1) is 0 Å². The number of unbranched alkanes of at least 4 members (excludes halogenated alkanes) is 1. The molecule has 0 aromatic heterocycles. The molecule has 2 atom stereocenters. The highest BCUT2D eigenvalue weighted by Crippen LogP contribution is 2.32. The van der Waals surface area contributed by atoms with Gasteiger partial charge in [-0.15, -0.1) is 0 Å². The van der Waals surface area contributed by atoms with Crippen molar-refractivity contribution in [3.8, 4) is 0 Å². The zero-order chi connectivity index (χ0) is 14.6. The lowest BCUT2D eigenvalue weighted by Crippen LogP contribution is -2.51. The van der Waals surface area contributed by atoms with Crippen LogP contribution in [0.2, 0.25) is 0 Å². The summed E-state index contributed by atoms with van der Waals surface area (Å²) in [5, 5.41) is 3.85. The molecule has 2 fully saturated rings. The minimum absolute atomic E-state index is 0.400. The van der Waals surface area contributed by atoms with E-state index in [4.69, 9.17) is 0 Å². The zero-order valence-corrected chi connectivity index (χ0v) is 14.3. The van der Waals surface area contributed by atoms with Crippen LogP contribution in [-0.4, -0.2) is 37.1 Å². The van der Waals surface area contributed by atoms with Gasteiger partial charge in [-0.05, 0) is 42.9 Å². The molecular weight excluding hydrogens is 244 g/mol. The van der Waals surface area contributed by atoms with E-state index < -0.39 is 0 Å². The van der Waals surface area contributed by atoms with Crippen molar-refractivity contribution < 1.29 is 0 Å². The molecule has 1 aliphatic heterocycles. The first-order valence-electron chi connectivity index (χ1n) is 8.92. The maximum absolute atomic E-state index is 3.85. The second-order valence-corrected chi connectivity index (χ2v) is 8.54. The molecule has 0 radical (unpaired) electrons. The molecule has 1 aliphatic carbocycles. The van der Waals surface area contributed by atoms with Crippen molar-refractivity contribution in [1.29, 1.82) is 0 Å². The number of likely N-dealkylation sites (tertiary alicyclic amines) is 1. The Morgan fingerprint density at radius 1 is 1.10 bits per heavy atom. The van der Waals surface area contributed by atoms with Gasteiger partial charge < -0.3 is 10.2 Å². The number of rotatable bonds is 7. The first-order chi connectivity index (χ1) is 9.46. The summed E-state index contributed by atoms with van der Waals surface area (Å²) in [6.45, 7) is 14.5. The fraction of sp³-hybridized carbons (Fsp3) is 1.00. The molecule has 0 bridgehead atoms. The molecule has 2 unspecified atom stereocenters. The summed E-state index contributed by atoms with van der Waals surface area (Å²) in [4.78, 5) is 2.77. The molecule has 20 heavy (non-hydrogen) atoms. The molecule has 1 N–H and O–H groups in total. The zero-order valence-electron chi connectivity index (χ0n) is 14.3. The van der Waals surface area contributed by atoms with E-state index in [1.54, 1.807) is 0 Å². The summed E-state index contributed by atoms with van der Waals surface area (Å²) >= 11 is 0. The smallest absolute Gasteiger partial charge is 0.0198 e. The average Bonchev–Trinajstić information content (AvgIpc) is 3.17. The van der Waals surface area contributed by atoms with Crippen LogP contribution in [0.25, 0.3) is 0 Å². The topological polar surface area (TPSA) is 15.3 Å². The summed E-state index contributed by atoms with van der Waals surface area (Å²) in [6, 6.07) is 0.726. The Labute approximate surface area is 126 Å². The van der Waals surface area contributed by atoms with Crippen molar-refractivity contribution in [1.82, 2.24) is 10.2 Å². The van der Waals surface area contributed by atoms with E-state index in [-0.39, 0.29) is 0 Å². The summed E-state index contributed by atoms with van der Waals surface area (Å²) < 4.78 is 0. The Hall–Kier alpha value is -0.0800. The molecule has 118 valence electrons. The minimum atomic E-state index is 0.400. The first kappa shape index (κ1) is 16.3. The number of nitrogens with zero attached hydrogens (tertiary/aromatic N) is 1. The monoisotopic (exact) mass is 280 g/mol. The Morgan fingerprint density at radius 3 is 2.45 bits per heavy atom. The molecule has 1 saturated heterocycles. The molecule has 2 nitrogen and oxygen atoms in total. The van der Waals surface area contributed by atoms with E-state index in [1.807, 2.05) is 0 Å². The molecule has 2 rings (SSSR count). The summed E-state index contributed by atoms with van der Waals surface area (Å²) in [6.07, 6.45) is 8.56. The van der Waals surface area contributed by atoms with E-state index in [2.05, 4.69) is 37.9 Å². The third-order valence-corrected chi connectivity index (χ3v) is 4.71. The lowest BCUT2D eigenvalue weighted by Gasteiger charge is -2.39. The standard InChI is InChI=1S/C18H36N2/c1-5-6-7-16-10-17(19-14-18(2,3)4)13-20(12-16)11-15-8-9-15/h15-17,19H,5-14H2,1-4H3. The second kappa shape index (κ2) is 7.26. The van der Waals surface area contributed by atoms with Crippen LogP contribution in [-0.2, 0) is 0 Å². The lowest BCUT2D eigenvalue weighted by molar-refractivity contribution is 0.124. The van der Waals surface area contributed by atoms with Gasteiger partial charge in [-0.1, -0.05) is 40.5 Å². The molecule has 0 aromatic carbocycles. The van der Waals surface area contributed by atoms with Crippen molar-refractivity contribution >= 4 is 0 Å². The summed E-state index contributed by atoms with van der Waals surface area (Å²) in [7, 11) is 0. The van der Waals surface area contributed by atoms with Crippen LogP contribution >= 0.6 is 0 Å². The van der Waals surface area contributed by atoms with Gasteiger partial charge in [-0.3, -0.25) is 0 Å². The molecular formula is C18H36N2. The van der Waals surface area contributed by atoms with Crippen molar-refractivity contribution in [2.45, 2.75) is 72.3 Å². The highest BCUT2D eigenvalue weighted by molar-refractivity contribution is 4.87. The van der Waals surface area contributed by atoms with E-state index >= 15 is 0 Å². The Morgan fingerprint density at radius 2 is 1.85 bits per heavy atom. The molecule has 1 heterocycles. The summed E-state index contributed by atoms with van der Waals surface area (Å²) in [5.41, 5.74) is 0.400. The maximum atomic E-state index is 3.85. The van der Waals surface area contributed by atoms with Crippen molar-refractivity contribution in [2.75, 3.05) is 26.2 Å². The van der Waals surface area contributed by atoms with Crippen molar-refractivity contribution in [3.63, 3.8) is 0 Å². The van der Waals surface area contributed by atoms with Crippen LogP contribution in [0.5, 0.6) is 0 Å². The Balaban J connectivity index is 1.81. The fourth-order valence-electron chi connectivity index (χ4n) is 3.42. The number of hydrogen-bond donors (Lipinski definition) is 1. The normalized spacial score (nSPS) is 28.8. The van der Waals surface area contributed by atoms with Crippen LogP contribution in [0.1, 0.15) is 66.2 Å². The second-order valence-electron chi connectivity index (χ2n) is 8.54. The van der Waals surface area contributed by atoms with E-state index in [0.717, 1.165) is 24.4 Å². The van der Waals surface area contributed by atoms with Crippen LogP contribution in [0.3, 0.4) is 0 Å². The fourth-order valence-corrected chi connectivity index (χ4v) is 3.42. The largest absolute Gasteiger partial charge is 0.312 e. The number of piperidine rings is 1. The van der Waals surface area contributed by atoms with Crippen LogP contribution in [0.15, 0.2) is 0 Å². The number of nitrogens with one attached hydrogen (secondary N) is 1. The molecule has 0 amide bonds. The molecule has 0 spiro atoms. The summed E-state index contributed by atoms with van der Waals surface area (Å²) in [5.74, 6) is 1.96. The van der Waals surface area contributed by atoms with E-state index in [0.29, 0.717) is 5.41 Å². The number of hydrogen-bond acceptors (Lipinski definition) is 2. The van der Waals surface area contributed by atoms with Gasteiger partial charge in [-0.25, -0.2) is 0 Å². The molecule has 2 heteroatoms. The SMILES string of the molecule is CCCCC1CC(NCC(C)(C)C)CN(CC2CC2)C1. The minimum Gasteiger partial charge on any atom is -0.312 e. The highest BCUT2D eigenvalue weighted by Gasteiger charge is 2.31.